The van der Waals surface area contributed by atoms with Gasteiger partial charge in [-0.2, -0.15) is 0 Å². The molecule has 15 heavy (non-hydrogen) atoms. The van der Waals surface area contributed by atoms with Crippen LogP contribution < -0.4 is 10.6 Å². The van der Waals surface area contributed by atoms with Crippen LogP contribution in [0.15, 0.2) is 12.1 Å². The quantitative estimate of drug-likeness (QED) is 0.840. The van der Waals surface area contributed by atoms with E-state index >= 15 is 0 Å². The molecular formula is C10H10Cl2N2O. The third-order valence-electron chi connectivity index (χ3n) is 2.32. The molecule has 1 aliphatic rings. The van der Waals surface area contributed by atoms with Gasteiger partial charge in [-0.25, -0.2) is 0 Å². The van der Waals surface area contributed by atoms with Gasteiger partial charge in [0.1, 0.15) is 6.04 Å². The van der Waals surface area contributed by atoms with Gasteiger partial charge >= 0.3 is 0 Å². The summed E-state index contributed by atoms with van der Waals surface area (Å²) in [7, 11) is 0. The maximum absolute atomic E-state index is 11.6. The van der Waals surface area contributed by atoms with Gasteiger partial charge in [-0.1, -0.05) is 30.1 Å². The Balaban J connectivity index is 2.48. The van der Waals surface area contributed by atoms with Crippen molar-refractivity contribution in [1.29, 1.82) is 0 Å². The first-order valence-corrected chi connectivity index (χ1v) is 5.42. The molecule has 1 heterocycles. The summed E-state index contributed by atoms with van der Waals surface area (Å²) < 4.78 is 0. The van der Waals surface area contributed by atoms with Gasteiger partial charge in [-0.05, 0) is 18.7 Å². The standard InChI is InChI=1S/C10H10Cl2N2O/c1-2-13-9-6-3-5(11)4-7(12)8(6)14-10(9)15/h3-4,9,13H,2H2,1H3,(H,14,15). The number of fused-ring (bicyclic) bond motifs is 1. The smallest absolute Gasteiger partial charge is 0.246 e. The number of anilines is 1. The molecule has 0 spiro atoms. The van der Waals surface area contributed by atoms with E-state index in [0.717, 1.165) is 5.56 Å². The van der Waals surface area contributed by atoms with Crippen LogP contribution in [-0.2, 0) is 4.79 Å². The largest absolute Gasteiger partial charge is 0.323 e. The monoisotopic (exact) mass is 244 g/mol. The molecule has 1 unspecified atom stereocenters. The number of amides is 1. The summed E-state index contributed by atoms with van der Waals surface area (Å²) in [6.45, 7) is 2.65. The molecular weight excluding hydrogens is 235 g/mol. The molecule has 1 amide bonds. The van der Waals surface area contributed by atoms with Gasteiger partial charge < -0.3 is 10.6 Å². The molecule has 0 aromatic heterocycles. The molecule has 5 heteroatoms. The van der Waals surface area contributed by atoms with Crippen LogP contribution >= 0.6 is 23.2 Å². The van der Waals surface area contributed by atoms with Gasteiger partial charge in [0.05, 0.1) is 10.7 Å². The van der Waals surface area contributed by atoms with E-state index in [-0.39, 0.29) is 11.9 Å². The predicted octanol–water partition coefficient (Wildman–Crippen LogP) is 2.60. The Labute approximate surface area is 97.8 Å². The molecule has 0 saturated carbocycles. The normalized spacial score (nSPS) is 18.9. The number of carbonyl (C=O) groups excluding carboxylic acids is 1. The van der Waals surface area contributed by atoms with Crippen LogP contribution in [0.25, 0.3) is 0 Å². The minimum Gasteiger partial charge on any atom is -0.323 e. The van der Waals surface area contributed by atoms with E-state index in [0.29, 0.717) is 22.3 Å². The molecule has 1 aliphatic heterocycles. The zero-order chi connectivity index (χ0) is 11.0. The van der Waals surface area contributed by atoms with Crippen molar-refractivity contribution in [2.24, 2.45) is 0 Å². The molecule has 1 atom stereocenters. The lowest BCUT2D eigenvalue weighted by Gasteiger charge is -2.09. The first kappa shape index (κ1) is 10.7. The molecule has 0 bridgehead atoms. The van der Waals surface area contributed by atoms with E-state index in [1.165, 1.54) is 0 Å². The topological polar surface area (TPSA) is 41.1 Å². The molecule has 0 radical (unpaired) electrons. The van der Waals surface area contributed by atoms with Crippen molar-refractivity contribution in [2.75, 3.05) is 11.9 Å². The Kier molecular flexibility index (Phi) is 2.87. The molecule has 80 valence electrons. The Hall–Kier alpha value is -0.770. The van der Waals surface area contributed by atoms with E-state index in [1.54, 1.807) is 12.1 Å². The summed E-state index contributed by atoms with van der Waals surface area (Å²) in [4.78, 5) is 11.6. The molecule has 2 rings (SSSR count). The number of nitrogens with one attached hydrogen (secondary N) is 2. The van der Waals surface area contributed by atoms with Crippen molar-refractivity contribution < 1.29 is 4.79 Å². The molecule has 1 aromatic rings. The van der Waals surface area contributed by atoms with E-state index < -0.39 is 0 Å². The first-order chi connectivity index (χ1) is 7.13. The van der Waals surface area contributed by atoms with Crippen LogP contribution in [0.4, 0.5) is 5.69 Å². The zero-order valence-electron chi connectivity index (χ0n) is 8.10. The Morgan fingerprint density at radius 2 is 2.20 bits per heavy atom. The van der Waals surface area contributed by atoms with Gasteiger partial charge in [0, 0.05) is 10.6 Å². The van der Waals surface area contributed by atoms with Crippen molar-refractivity contribution in [1.82, 2.24) is 5.32 Å². The second kappa shape index (κ2) is 4.00. The van der Waals surface area contributed by atoms with Gasteiger partial charge in [0.25, 0.3) is 0 Å². The SMILES string of the molecule is CCNC1C(=O)Nc2c(Cl)cc(Cl)cc21. The number of benzene rings is 1. The van der Waals surface area contributed by atoms with Crippen molar-refractivity contribution in [3.8, 4) is 0 Å². The Bertz CT molecular complexity index is 420. The Morgan fingerprint density at radius 3 is 2.87 bits per heavy atom. The number of hydrogen-bond acceptors (Lipinski definition) is 2. The molecule has 0 aliphatic carbocycles. The summed E-state index contributed by atoms with van der Waals surface area (Å²) in [5.74, 6) is -0.0870. The van der Waals surface area contributed by atoms with Crippen LogP contribution in [0.2, 0.25) is 10.0 Å². The first-order valence-electron chi connectivity index (χ1n) is 4.66. The Morgan fingerprint density at radius 1 is 1.47 bits per heavy atom. The van der Waals surface area contributed by atoms with Gasteiger partial charge in [-0.3, -0.25) is 4.79 Å². The minimum atomic E-state index is -0.346. The lowest BCUT2D eigenvalue weighted by atomic mass is 10.1. The summed E-state index contributed by atoms with van der Waals surface area (Å²) in [6, 6.07) is 3.03. The zero-order valence-corrected chi connectivity index (χ0v) is 9.62. The van der Waals surface area contributed by atoms with Gasteiger partial charge in [0.2, 0.25) is 5.91 Å². The number of rotatable bonds is 2. The fourth-order valence-corrected chi connectivity index (χ4v) is 2.25. The summed E-state index contributed by atoms with van der Waals surface area (Å²) in [5.41, 5.74) is 1.48. The number of likely N-dealkylation sites (N-methyl/N-ethyl adjacent to an activating group) is 1. The van der Waals surface area contributed by atoms with Crippen LogP contribution in [0.1, 0.15) is 18.5 Å². The summed E-state index contributed by atoms with van der Waals surface area (Å²) >= 11 is 11.9. The number of carbonyl (C=O) groups is 1. The lowest BCUT2D eigenvalue weighted by Crippen LogP contribution is -2.27. The van der Waals surface area contributed by atoms with Crippen molar-refractivity contribution in [3.63, 3.8) is 0 Å². The summed E-state index contributed by atoms with van der Waals surface area (Å²) in [5, 5.41) is 6.83. The van der Waals surface area contributed by atoms with E-state index in [1.807, 2.05) is 6.92 Å². The van der Waals surface area contributed by atoms with Crippen LogP contribution in [0.5, 0.6) is 0 Å². The fourth-order valence-electron chi connectivity index (χ4n) is 1.70. The van der Waals surface area contributed by atoms with E-state index in [2.05, 4.69) is 10.6 Å². The van der Waals surface area contributed by atoms with Crippen molar-refractivity contribution in [2.45, 2.75) is 13.0 Å². The van der Waals surface area contributed by atoms with E-state index in [4.69, 9.17) is 23.2 Å². The fraction of sp³-hybridized carbons (Fsp3) is 0.300. The molecule has 2 N–H and O–H groups in total. The van der Waals surface area contributed by atoms with E-state index in [9.17, 15) is 4.79 Å². The maximum Gasteiger partial charge on any atom is 0.246 e. The molecule has 0 fully saturated rings. The highest BCUT2D eigenvalue weighted by atomic mass is 35.5. The van der Waals surface area contributed by atoms with Crippen LogP contribution in [0.3, 0.4) is 0 Å². The number of hydrogen-bond donors (Lipinski definition) is 2. The van der Waals surface area contributed by atoms with Gasteiger partial charge in [0.15, 0.2) is 0 Å². The lowest BCUT2D eigenvalue weighted by molar-refractivity contribution is -0.117. The predicted molar refractivity (Wildman–Crippen MR) is 61.5 cm³/mol. The van der Waals surface area contributed by atoms with Crippen molar-refractivity contribution >= 4 is 34.8 Å². The second-order valence-corrected chi connectivity index (χ2v) is 4.18. The average Bonchev–Trinajstić information content (AvgIpc) is 2.46. The highest BCUT2D eigenvalue weighted by Gasteiger charge is 2.31. The molecule has 3 nitrogen and oxygen atoms in total. The van der Waals surface area contributed by atoms with Crippen LogP contribution in [0, 0.1) is 0 Å². The maximum atomic E-state index is 11.6. The average molecular weight is 245 g/mol. The highest BCUT2D eigenvalue weighted by molar-refractivity contribution is 6.37. The number of halogens is 2. The third kappa shape index (κ3) is 1.83. The van der Waals surface area contributed by atoms with Crippen molar-refractivity contribution in [3.05, 3.63) is 27.7 Å². The molecule has 0 saturated heterocycles. The van der Waals surface area contributed by atoms with Gasteiger partial charge in [-0.15, -0.1) is 0 Å². The minimum absolute atomic E-state index is 0.0870. The second-order valence-electron chi connectivity index (χ2n) is 3.33. The molecule has 1 aromatic carbocycles. The third-order valence-corrected chi connectivity index (χ3v) is 2.83. The summed E-state index contributed by atoms with van der Waals surface area (Å²) in [6.07, 6.45) is 0. The highest BCUT2D eigenvalue weighted by Crippen LogP contribution is 2.38. The van der Waals surface area contributed by atoms with Crippen LogP contribution in [-0.4, -0.2) is 12.5 Å².